The molecule has 0 N–H and O–H groups in total. The van der Waals surface area contributed by atoms with Gasteiger partial charge in [-0.2, -0.15) is 0 Å². The van der Waals surface area contributed by atoms with Gasteiger partial charge in [0.25, 0.3) is 0 Å². The Balaban J connectivity index is 0.925. The molecule has 2 nitrogen and oxygen atoms in total. The molecule has 1 aromatic heterocycles. The number of para-hydroxylation sites is 1. The molecular weight excluding hydrogens is 859 g/mol. The second kappa shape index (κ2) is 16.5. The van der Waals surface area contributed by atoms with Crippen molar-refractivity contribution in [1.29, 1.82) is 0 Å². The molecule has 2 heteroatoms. The van der Waals surface area contributed by atoms with E-state index in [4.69, 9.17) is 4.42 Å². The first-order valence-electron chi connectivity index (χ1n) is 25.1. The number of nitrogens with zero attached hydrogens (tertiary/aromatic N) is 1. The number of aryl methyl sites for hydroxylation is 1. The van der Waals surface area contributed by atoms with Crippen LogP contribution in [0.5, 0.6) is 0 Å². The highest BCUT2D eigenvalue weighted by Gasteiger charge is 2.53. The monoisotopic (exact) mass is 907 g/mol. The fraction of sp³-hybridized carbons (Fsp3) is 0.0725. The van der Waals surface area contributed by atoms with Crippen molar-refractivity contribution in [2.75, 3.05) is 4.90 Å². The van der Waals surface area contributed by atoms with Gasteiger partial charge >= 0.3 is 0 Å². The second-order valence-corrected chi connectivity index (χ2v) is 19.3. The molecule has 0 atom stereocenters. The molecule has 1 spiro atoms. The third-order valence-corrected chi connectivity index (χ3v) is 15.7. The Kier molecular flexibility index (Phi) is 9.57. The average molecular weight is 908 g/mol. The zero-order valence-corrected chi connectivity index (χ0v) is 39.4. The van der Waals surface area contributed by atoms with Gasteiger partial charge in [0.05, 0.1) is 16.8 Å². The fourth-order valence-corrected chi connectivity index (χ4v) is 12.7. The van der Waals surface area contributed by atoms with Crippen molar-refractivity contribution in [2.45, 2.75) is 31.1 Å². The maximum Gasteiger partial charge on any atom is 0.143 e. The Labute approximate surface area is 415 Å². The Hall–Kier alpha value is -8.72. The molecule has 0 radical (unpaired) electrons. The molecule has 336 valence electrons. The number of furan rings is 1. The number of allylic oxidation sites excluding steroid dienone is 4. The van der Waals surface area contributed by atoms with E-state index in [-0.39, 0.29) is 5.41 Å². The smallest absolute Gasteiger partial charge is 0.143 e. The maximum absolute atomic E-state index is 6.57. The van der Waals surface area contributed by atoms with Gasteiger partial charge in [-0.25, -0.2) is 0 Å². The zero-order chi connectivity index (χ0) is 47.0. The van der Waals surface area contributed by atoms with Crippen molar-refractivity contribution in [3.05, 3.63) is 292 Å². The highest BCUT2D eigenvalue weighted by atomic mass is 16.3. The Morgan fingerprint density at radius 3 is 1.86 bits per heavy atom. The van der Waals surface area contributed by atoms with Crippen LogP contribution in [-0.2, 0) is 11.8 Å². The van der Waals surface area contributed by atoms with Gasteiger partial charge in [-0.15, -0.1) is 0 Å². The Morgan fingerprint density at radius 1 is 0.493 bits per heavy atom. The van der Waals surface area contributed by atoms with Crippen LogP contribution in [0.1, 0.15) is 75.1 Å². The zero-order valence-electron chi connectivity index (χ0n) is 39.4. The van der Waals surface area contributed by atoms with Crippen molar-refractivity contribution in [3.8, 4) is 22.3 Å². The number of anilines is 2. The number of hydrogen-bond acceptors (Lipinski definition) is 2. The van der Waals surface area contributed by atoms with Gasteiger partial charge in [-0.05, 0) is 145 Å². The minimum Gasteiger partial charge on any atom is -0.455 e. The lowest BCUT2D eigenvalue weighted by Crippen LogP contribution is -2.28. The van der Waals surface area contributed by atoms with Crippen LogP contribution in [0.4, 0.5) is 11.4 Å². The van der Waals surface area contributed by atoms with E-state index in [1.54, 1.807) is 0 Å². The van der Waals surface area contributed by atoms with E-state index < -0.39 is 0 Å². The molecule has 0 aliphatic heterocycles. The first-order valence-corrected chi connectivity index (χ1v) is 25.1. The molecule has 71 heavy (non-hydrogen) atoms. The SMILES string of the molecule is C=Cc1oc2c(ccc3ccccc32)c1/C=C/c1ccccc1N(C1=CCCC2=C1c1ccccc1C21c2ccccc2-c2ccccc21)c1ccc(-c2ccc(C3=CCCc4ccccc43)cc2)cc1. The van der Waals surface area contributed by atoms with E-state index in [1.807, 2.05) is 6.08 Å². The Morgan fingerprint density at radius 2 is 1.10 bits per heavy atom. The van der Waals surface area contributed by atoms with Gasteiger partial charge in [-0.1, -0.05) is 207 Å². The molecule has 10 aromatic rings. The highest BCUT2D eigenvalue weighted by molar-refractivity contribution is 6.09. The topological polar surface area (TPSA) is 16.4 Å². The summed E-state index contributed by atoms with van der Waals surface area (Å²) in [6, 6.07) is 76.4. The minimum absolute atomic E-state index is 0.386. The van der Waals surface area contributed by atoms with Crippen molar-refractivity contribution in [3.63, 3.8) is 0 Å². The number of fused-ring (bicyclic) bond motifs is 13. The van der Waals surface area contributed by atoms with E-state index in [0.717, 1.165) is 75.7 Å². The van der Waals surface area contributed by atoms with Crippen molar-refractivity contribution in [2.24, 2.45) is 0 Å². The summed E-state index contributed by atoms with van der Waals surface area (Å²) >= 11 is 0. The van der Waals surface area contributed by atoms with Crippen molar-refractivity contribution in [1.82, 2.24) is 0 Å². The van der Waals surface area contributed by atoms with Crippen LogP contribution in [-0.4, -0.2) is 0 Å². The van der Waals surface area contributed by atoms with Gasteiger partial charge in [0.15, 0.2) is 0 Å². The Bertz CT molecular complexity index is 3900. The number of benzene rings is 9. The second-order valence-electron chi connectivity index (χ2n) is 19.3. The normalized spacial score (nSPS) is 15.0. The van der Waals surface area contributed by atoms with Crippen LogP contribution >= 0.6 is 0 Å². The third-order valence-electron chi connectivity index (χ3n) is 15.7. The van der Waals surface area contributed by atoms with Gasteiger partial charge in [0.1, 0.15) is 11.3 Å². The molecule has 0 fully saturated rings. The van der Waals surface area contributed by atoms with E-state index in [0.29, 0.717) is 0 Å². The fourth-order valence-electron chi connectivity index (χ4n) is 12.7. The molecule has 0 bridgehead atoms. The summed E-state index contributed by atoms with van der Waals surface area (Å²) in [5.74, 6) is 0.764. The van der Waals surface area contributed by atoms with Crippen LogP contribution in [0.3, 0.4) is 0 Å². The highest BCUT2D eigenvalue weighted by Crippen LogP contribution is 2.65. The van der Waals surface area contributed by atoms with Crippen molar-refractivity contribution >= 4 is 62.5 Å². The lowest BCUT2D eigenvalue weighted by atomic mass is 9.68. The number of hydrogen-bond donors (Lipinski definition) is 0. The summed E-state index contributed by atoms with van der Waals surface area (Å²) in [6.07, 6.45) is 15.3. The van der Waals surface area contributed by atoms with E-state index in [2.05, 4.69) is 242 Å². The average Bonchev–Trinajstić information content (AvgIpc) is 4.08. The minimum atomic E-state index is -0.386. The molecular formula is C69H49NO. The van der Waals surface area contributed by atoms with Crippen LogP contribution in [0.2, 0.25) is 0 Å². The van der Waals surface area contributed by atoms with E-state index in [9.17, 15) is 0 Å². The summed E-state index contributed by atoms with van der Waals surface area (Å²) in [4.78, 5) is 2.53. The molecule has 0 saturated carbocycles. The molecule has 0 unspecified atom stereocenters. The van der Waals surface area contributed by atoms with Gasteiger partial charge < -0.3 is 9.32 Å². The summed E-state index contributed by atoms with van der Waals surface area (Å²) in [5, 5.41) is 3.32. The third kappa shape index (κ3) is 6.27. The van der Waals surface area contributed by atoms with Crippen LogP contribution in [0.25, 0.3) is 73.4 Å². The summed E-state index contributed by atoms with van der Waals surface area (Å²) in [5.41, 5.74) is 24.7. The van der Waals surface area contributed by atoms with E-state index >= 15 is 0 Å². The summed E-state index contributed by atoms with van der Waals surface area (Å²) < 4.78 is 6.57. The molecule has 14 rings (SSSR count). The van der Waals surface area contributed by atoms with Crippen LogP contribution < -0.4 is 4.90 Å². The van der Waals surface area contributed by atoms with Gasteiger partial charge in [-0.3, -0.25) is 0 Å². The molecule has 1 heterocycles. The molecule has 0 amide bonds. The van der Waals surface area contributed by atoms with Crippen LogP contribution in [0.15, 0.2) is 241 Å². The standard InChI is InChI=1S/C69H49NO/c1-2-66-57(58-44-39-48-18-4-7-22-54(48)68(58)71-66)43-40-50-19-5-14-31-64(50)70(51-41-37-46(38-42-51)45-33-35-49(36-34-45)53-26-15-20-47-17-3-6-21-52(47)53)65-32-16-30-63-67(65)59-25-10-13-29-62(59)69(63)60-27-11-8-23-55(60)56-24-9-12-28-61(56)69/h2-14,17-19,21-29,31-44H,1,15-16,20,30H2/b43-40+. The predicted octanol–water partition coefficient (Wildman–Crippen LogP) is 18.0. The predicted molar refractivity (Wildman–Crippen MR) is 297 cm³/mol. The lowest BCUT2D eigenvalue weighted by Gasteiger charge is -2.36. The van der Waals surface area contributed by atoms with Crippen molar-refractivity contribution < 1.29 is 4.42 Å². The van der Waals surface area contributed by atoms with Crippen LogP contribution in [0, 0.1) is 0 Å². The first-order chi connectivity index (χ1) is 35.2. The van der Waals surface area contributed by atoms with E-state index in [1.165, 1.54) is 83.6 Å². The van der Waals surface area contributed by atoms with Gasteiger partial charge in [0, 0.05) is 27.6 Å². The molecule has 4 aliphatic rings. The molecule has 4 aliphatic carbocycles. The molecule has 9 aromatic carbocycles. The quantitative estimate of drug-likeness (QED) is 0.151. The van der Waals surface area contributed by atoms with Gasteiger partial charge in [0.2, 0.25) is 0 Å². The number of rotatable bonds is 8. The molecule has 0 saturated heterocycles. The maximum atomic E-state index is 6.57. The summed E-state index contributed by atoms with van der Waals surface area (Å²) in [6.45, 7) is 4.19. The lowest BCUT2D eigenvalue weighted by molar-refractivity contribution is 0.607. The largest absolute Gasteiger partial charge is 0.455 e. The summed E-state index contributed by atoms with van der Waals surface area (Å²) in [7, 11) is 0. The first kappa shape index (κ1) is 41.3.